The molecule has 24 heavy (non-hydrogen) atoms. The van der Waals surface area contributed by atoms with E-state index < -0.39 is 16.0 Å². The molecule has 1 aromatic rings. The molecule has 1 fully saturated rings. The molecule has 0 aromatic heterocycles. The molecule has 2 rings (SSSR count). The molecule has 1 aliphatic rings. The maximum Gasteiger partial charge on any atom is 0.340 e. The first-order valence-corrected chi connectivity index (χ1v) is 9.95. The van der Waals surface area contributed by atoms with Crippen LogP contribution in [-0.2, 0) is 14.8 Å². The van der Waals surface area contributed by atoms with E-state index in [-0.39, 0.29) is 11.5 Å². The summed E-state index contributed by atoms with van der Waals surface area (Å²) in [6.07, 6.45) is 2.14. The molecule has 0 atom stereocenters. The second-order valence-corrected chi connectivity index (χ2v) is 7.62. The van der Waals surface area contributed by atoms with E-state index in [4.69, 9.17) is 4.74 Å². The molecule has 0 bridgehead atoms. The number of anilines is 1. The van der Waals surface area contributed by atoms with Gasteiger partial charge in [0.1, 0.15) is 0 Å². The SMILES string of the molecule is CCOC(=O)c1cc(S(=O)(=O)N(CC)CC)ccc1N1CCCC1. The van der Waals surface area contributed by atoms with E-state index in [1.54, 1.807) is 32.9 Å². The van der Waals surface area contributed by atoms with Crippen LogP contribution in [0.25, 0.3) is 0 Å². The number of carbonyl (C=O) groups excluding carboxylic acids is 1. The number of benzene rings is 1. The molecule has 0 unspecified atom stereocenters. The molecule has 6 nitrogen and oxygen atoms in total. The van der Waals surface area contributed by atoms with E-state index in [1.807, 2.05) is 0 Å². The Balaban J connectivity index is 2.49. The number of carbonyl (C=O) groups is 1. The van der Waals surface area contributed by atoms with E-state index in [0.29, 0.717) is 18.7 Å². The smallest absolute Gasteiger partial charge is 0.340 e. The van der Waals surface area contributed by atoms with Crippen molar-refractivity contribution in [2.45, 2.75) is 38.5 Å². The summed E-state index contributed by atoms with van der Waals surface area (Å²) in [6, 6.07) is 4.78. The summed E-state index contributed by atoms with van der Waals surface area (Å²) in [5.41, 5.74) is 1.08. The Bertz CT molecular complexity index is 678. The second-order valence-electron chi connectivity index (χ2n) is 5.68. The zero-order chi connectivity index (χ0) is 17.7. The summed E-state index contributed by atoms with van der Waals surface area (Å²) >= 11 is 0. The van der Waals surface area contributed by atoms with Gasteiger partial charge >= 0.3 is 5.97 Å². The molecular weight excluding hydrogens is 328 g/mol. The van der Waals surface area contributed by atoms with Gasteiger partial charge < -0.3 is 9.64 Å². The summed E-state index contributed by atoms with van der Waals surface area (Å²) in [5, 5.41) is 0. The summed E-state index contributed by atoms with van der Waals surface area (Å²) in [5.74, 6) is -0.476. The topological polar surface area (TPSA) is 66.9 Å². The molecule has 0 saturated carbocycles. The fourth-order valence-corrected chi connectivity index (χ4v) is 4.48. The van der Waals surface area contributed by atoms with Gasteiger partial charge in [0, 0.05) is 26.2 Å². The van der Waals surface area contributed by atoms with Gasteiger partial charge in [0.05, 0.1) is 22.8 Å². The third-order valence-corrected chi connectivity index (χ3v) is 6.30. The molecule has 0 spiro atoms. The molecule has 0 aliphatic carbocycles. The zero-order valence-electron chi connectivity index (χ0n) is 14.6. The predicted octanol–water partition coefficient (Wildman–Crippen LogP) is 2.49. The van der Waals surface area contributed by atoms with Gasteiger partial charge in [0.15, 0.2) is 0 Å². The van der Waals surface area contributed by atoms with Gasteiger partial charge in [-0.25, -0.2) is 13.2 Å². The summed E-state index contributed by atoms with van der Waals surface area (Å²) in [6.45, 7) is 8.11. The summed E-state index contributed by atoms with van der Waals surface area (Å²) in [7, 11) is -3.61. The average molecular weight is 354 g/mol. The van der Waals surface area contributed by atoms with Crippen LogP contribution in [0.4, 0.5) is 5.69 Å². The van der Waals surface area contributed by atoms with E-state index >= 15 is 0 Å². The third kappa shape index (κ3) is 3.72. The first-order valence-electron chi connectivity index (χ1n) is 8.51. The van der Waals surface area contributed by atoms with Crippen molar-refractivity contribution in [2.75, 3.05) is 37.7 Å². The Labute approximate surface area is 144 Å². The molecule has 134 valence electrons. The number of nitrogens with zero attached hydrogens (tertiary/aromatic N) is 2. The van der Waals surface area contributed by atoms with Gasteiger partial charge in [-0.1, -0.05) is 13.8 Å². The zero-order valence-corrected chi connectivity index (χ0v) is 15.4. The maximum absolute atomic E-state index is 12.7. The largest absolute Gasteiger partial charge is 0.462 e. The molecule has 0 amide bonds. The molecule has 1 heterocycles. The fraction of sp³-hybridized carbons (Fsp3) is 0.588. The van der Waals surface area contributed by atoms with Crippen LogP contribution in [0.2, 0.25) is 0 Å². The van der Waals surface area contributed by atoms with Crippen molar-refractivity contribution in [2.24, 2.45) is 0 Å². The molecule has 1 aliphatic heterocycles. The lowest BCUT2D eigenvalue weighted by molar-refractivity contribution is 0.0527. The lowest BCUT2D eigenvalue weighted by atomic mass is 10.1. The highest BCUT2D eigenvalue weighted by molar-refractivity contribution is 7.89. The van der Waals surface area contributed by atoms with Crippen LogP contribution in [0.5, 0.6) is 0 Å². The molecule has 1 saturated heterocycles. The molecule has 0 radical (unpaired) electrons. The molecule has 7 heteroatoms. The lowest BCUT2D eigenvalue weighted by Crippen LogP contribution is -2.31. The number of hydrogen-bond donors (Lipinski definition) is 0. The van der Waals surface area contributed by atoms with Crippen LogP contribution in [0.3, 0.4) is 0 Å². The Hall–Kier alpha value is -1.60. The van der Waals surface area contributed by atoms with Gasteiger partial charge in [0.25, 0.3) is 0 Å². The quantitative estimate of drug-likeness (QED) is 0.704. The van der Waals surface area contributed by atoms with Crippen molar-refractivity contribution >= 4 is 21.7 Å². The van der Waals surface area contributed by atoms with Crippen LogP contribution in [0.1, 0.15) is 44.0 Å². The van der Waals surface area contributed by atoms with E-state index in [1.165, 1.54) is 10.4 Å². The predicted molar refractivity (Wildman–Crippen MR) is 94.0 cm³/mol. The second kappa shape index (κ2) is 7.98. The van der Waals surface area contributed by atoms with Crippen molar-refractivity contribution in [1.82, 2.24) is 4.31 Å². The van der Waals surface area contributed by atoms with Crippen LogP contribution in [0, 0.1) is 0 Å². The number of esters is 1. The highest BCUT2D eigenvalue weighted by atomic mass is 32.2. The molecule has 0 N–H and O–H groups in total. The molecule has 1 aromatic carbocycles. The van der Waals surface area contributed by atoms with Crippen LogP contribution < -0.4 is 4.90 Å². The highest BCUT2D eigenvalue weighted by Gasteiger charge is 2.26. The average Bonchev–Trinajstić information content (AvgIpc) is 3.09. The van der Waals surface area contributed by atoms with Crippen LogP contribution in [-0.4, -0.2) is 51.5 Å². The monoisotopic (exact) mass is 354 g/mol. The minimum atomic E-state index is -3.61. The van der Waals surface area contributed by atoms with Crippen molar-refractivity contribution in [3.63, 3.8) is 0 Å². The number of sulfonamides is 1. The van der Waals surface area contributed by atoms with Gasteiger partial charge in [0.2, 0.25) is 10.0 Å². The maximum atomic E-state index is 12.7. The first kappa shape index (κ1) is 18.7. The van der Waals surface area contributed by atoms with Crippen molar-refractivity contribution in [3.05, 3.63) is 23.8 Å². The summed E-state index contributed by atoms with van der Waals surface area (Å²) < 4.78 is 32.0. The van der Waals surface area contributed by atoms with Crippen molar-refractivity contribution in [3.8, 4) is 0 Å². The Morgan fingerprint density at radius 2 is 1.79 bits per heavy atom. The van der Waals surface area contributed by atoms with Gasteiger partial charge in [-0.15, -0.1) is 0 Å². The van der Waals surface area contributed by atoms with Gasteiger partial charge in [-0.3, -0.25) is 0 Å². The minimum Gasteiger partial charge on any atom is -0.462 e. The van der Waals surface area contributed by atoms with Crippen molar-refractivity contribution < 1.29 is 17.9 Å². The van der Waals surface area contributed by atoms with E-state index in [2.05, 4.69) is 4.90 Å². The van der Waals surface area contributed by atoms with E-state index in [0.717, 1.165) is 31.6 Å². The minimum absolute atomic E-state index is 0.136. The summed E-state index contributed by atoms with van der Waals surface area (Å²) in [4.78, 5) is 14.6. The Morgan fingerprint density at radius 3 is 2.33 bits per heavy atom. The number of ether oxygens (including phenoxy) is 1. The van der Waals surface area contributed by atoms with Crippen LogP contribution in [0.15, 0.2) is 23.1 Å². The highest BCUT2D eigenvalue weighted by Crippen LogP contribution is 2.29. The Morgan fingerprint density at radius 1 is 1.17 bits per heavy atom. The molecular formula is C17H26N2O4S. The third-order valence-electron chi connectivity index (χ3n) is 4.25. The Kier molecular flexibility index (Phi) is 6.23. The number of rotatable bonds is 7. The standard InChI is InChI=1S/C17H26N2O4S/c1-4-19(5-2)24(21,22)14-9-10-16(18-11-7-8-12-18)15(13-14)17(20)23-6-3/h9-10,13H,4-8,11-12H2,1-3H3. The fourth-order valence-electron chi connectivity index (χ4n) is 2.99. The lowest BCUT2D eigenvalue weighted by Gasteiger charge is -2.23. The normalized spacial score (nSPS) is 15.1. The van der Waals surface area contributed by atoms with E-state index in [9.17, 15) is 13.2 Å². The first-order chi connectivity index (χ1) is 11.5. The van der Waals surface area contributed by atoms with Crippen molar-refractivity contribution in [1.29, 1.82) is 0 Å². The van der Waals surface area contributed by atoms with Crippen LogP contribution >= 0.6 is 0 Å². The number of hydrogen-bond acceptors (Lipinski definition) is 5. The van der Waals surface area contributed by atoms with Gasteiger partial charge in [-0.05, 0) is 38.0 Å². The van der Waals surface area contributed by atoms with Gasteiger partial charge in [-0.2, -0.15) is 4.31 Å².